The highest BCUT2D eigenvalue weighted by atomic mass is 16.6. The summed E-state index contributed by atoms with van der Waals surface area (Å²) in [6, 6.07) is 1.99. The van der Waals surface area contributed by atoms with Crippen LogP contribution in [0.4, 0.5) is 11.5 Å². The molecule has 0 aliphatic heterocycles. The number of anilines is 1. The fourth-order valence-corrected chi connectivity index (χ4v) is 1.92. The van der Waals surface area contributed by atoms with Crippen LogP contribution in [0.5, 0.6) is 0 Å². The van der Waals surface area contributed by atoms with Crippen molar-refractivity contribution >= 4 is 11.5 Å². The number of nitro groups is 1. The summed E-state index contributed by atoms with van der Waals surface area (Å²) in [5.74, 6) is 0.385. The molecule has 7 nitrogen and oxygen atoms in total. The minimum absolute atomic E-state index is 0.00498. The Hall–Kier alpha value is -2.20. The van der Waals surface area contributed by atoms with E-state index in [-0.39, 0.29) is 29.1 Å². The van der Waals surface area contributed by atoms with Gasteiger partial charge in [0.05, 0.1) is 17.1 Å². The van der Waals surface area contributed by atoms with E-state index in [2.05, 4.69) is 17.2 Å². The third-order valence-corrected chi connectivity index (χ3v) is 2.85. The number of rotatable bonds is 7. The SMILES string of the molecule is CCCCNc1nc(C)c([N+](=O)[O-])c(COC)c1C#N. The molecule has 1 aromatic rings. The number of nitriles is 1. The van der Waals surface area contributed by atoms with Crippen LogP contribution in [-0.4, -0.2) is 23.6 Å². The highest BCUT2D eigenvalue weighted by molar-refractivity contribution is 5.64. The number of unbranched alkanes of at least 4 members (excludes halogenated alkanes) is 1. The van der Waals surface area contributed by atoms with E-state index in [0.717, 1.165) is 12.8 Å². The van der Waals surface area contributed by atoms with Crippen molar-refractivity contribution in [1.29, 1.82) is 5.26 Å². The summed E-state index contributed by atoms with van der Waals surface area (Å²) in [7, 11) is 1.44. The Morgan fingerprint density at radius 1 is 1.55 bits per heavy atom. The van der Waals surface area contributed by atoms with Crippen molar-refractivity contribution < 1.29 is 9.66 Å². The lowest BCUT2D eigenvalue weighted by atomic mass is 10.1. The molecule has 1 N–H and O–H groups in total. The van der Waals surface area contributed by atoms with Crippen LogP contribution in [0.25, 0.3) is 0 Å². The predicted octanol–water partition coefficient (Wildman–Crippen LogP) is 2.53. The maximum Gasteiger partial charge on any atom is 0.297 e. The van der Waals surface area contributed by atoms with E-state index < -0.39 is 4.92 Å². The third-order valence-electron chi connectivity index (χ3n) is 2.85. The summed E-state index contributed by atoms with van der Waals surface area (Å²) >= 11 is 0. The van der Waals surface area contributed by atoms with Crippen LogP contribution in [0, 0.1) is 28.4 Å². The van der Waals surface area contributed by atoms with E-state index in [1.165, 1.54) is 7.11 Å². The third kappa shape index (κ3) is 3.42. The molecule has 0 radical (unpaired) electrons. The number of pyridine rings is 1. The quantitative estimate of drug-likeness (QED) is 0.467. The Balaban J connectivity index is 3.34. The first-order chi connectivity index (χ1) is 9.56. The molecule has 0 saturated heterocycles. The zero-order valence-electron chi connectivity index (χ0n) is 11.9. The Morgan fingerprint density at radius 3 is 2.75 bits per heavy atom. The fourth-order valence-electron chi connectivity index (χ4n) is 1.92. The van der Waals surface area contributed by atoms with Gasteiger partial charge in [-0.15, -0.1) is 0 Å². The summed E-state index contributed by atoms with van der Waals surface area (Å²) in [6.07, 6.45) is 1.94. The van der Waals surface area contributed by atoms with E-state index in [1.807, 2.05) is 6.07 Å². The number of aryl methyl sites for hydroxylation is 1. The van der Waals surface area contributed by atoms with Crippen molar-refractivity contribution in [3.05, 3.63) is 26.9 Å². The number of nitrogens with zero attached hydrogens (tertiary/aromatic N) is 3. The molecule has 0 bridgehead atoms. The predicted molar refractivity (Wildman–Crippen MR) is 74.5 cm³/mol. The summed E-state index contributed by atoms with van der Waals surface area (Å²) < 4.78 is 4.99. The zero-order chi connectivity index (χ0) is 15.1. The first-order valence-electron chi connectivity index (χ1n) is 6.37. The van der Waals surface area contributed by atoms with Gasteiger partial charge < -0.3 is 10.1 Å². The van der Waals surface area contributed by atoms with Crippen molar-refractivity contribution in [1.82, 2.24) is 4.98 Å². The van der Waals surface area contributed by atoms with Crippen LogP contribution in [0.15, 0.2) is 0 Å². The largest absolute Gasteiger partial charge is 0.380 e. The maximum atomic E-state index is 11.1. The van der Waals surface area contributed by atoms with Crippen LogP contribution < -0.4 is 5.32 Å². The van der Waals surface area contributed by atoms with E-state index in [4.69, 9.17) is 4.74 Å². The first-order valence-corrected chi connectivity index (χ1v) is 6.37. The minimum Gasteiger partial charge on any atom is -0.380 e. The second kappa shape index (κ2) is 7.40. The number of nitrogens with one attached hydrogen (secondary N) is 1. The number of hydrogen-bond donors (Lipinski definition) is 1. The van der Waals surface area contributed by atoms with E-state index in [0.29, 0.717) is 12.4 Å². The molecular formula is C13H18N4O3. The molecule has 7 heteroatoms. The van der Waals surface area contributed by atoms with Gasteiger partial charge in [0.1, 0.15) is 23.1 Å². The Labute approximate surface area is 117 Å². The van der Waals surface area contributed by atoms with Crippen LogP contribution >= 0.6 is 0 Å². The van der Waals surface area contributed by atoms with Crippen molar-refractivity contribution in [2.75, 3.05) is 19.0 Å². The van der Waals surface area contributed by atoms with Crippen molar-refractivity contribution in [2.24, 2.45) is 0 Å². The van der Waals surface area contributed by atoms with Crippen LogP contribution in [0.1, 0.15) is 36.6 Å². The molecule has 0 atom stereocenters. The lowest BCUT2D eigenvalue weighted by Crippen LogP contribution is -2.11. The van der Waals surface area contributed by atoms with E-state index in [9.17, 15) is 15.4 Å². The van der Waals surface area contributed by atoms with Gasteiger partial charge in [-0.1, -0.05) is 13.3 Å². The van der Waals surface area contributed by atoms with Gasteiger partial charge in [-0.3, -0.25) is 10.1 Å². The highest BCUT2D eigenvalue weighted by Gasteiger charge is 2.25. The molecule has 1 aromatic heterocycles. The van der Waals surface area contributed by atoms with Gasteiger partial charge in [-0.25, -0.2) is 4.98 Å². The van der Waals surface area contributed by atoms with Crippen LogP contribution in [-0.2, 0) is 11.3 Å². The molecule has 0 amide bonds. The van der Waals surface area contributed by atoms with Crippen molar-refractivity contribution in [3.8, 4) is 6.07 Å². The lowest BCUT2D eigenvalue weighted by molar-refractivity contribution is -0.386. The maximum absolute atomic E-state index is 11.1. The number of aromatic nitrogens is 1. The van der Waals surface area contributed by atoms with Gasteiger partial charge in [0.2, 0.25) is 0 Å². The van der Waals surface area contributed by atoms with Gasteiger partial charge >= 0.3 is 0 Å². The normalized spacial score (nSPS) is 10.1. The summed E-state index contributed by atoms with van der Waals surface area (Å²) in [6.45, 7) is 4.29. The average Bonchev–Trinajstić information content (AvgIpc) is 2.39. The summed E-state index contributed by atoms with van der Waals surface area (Å²) in [5.41, 5.74) is 0.580. The molecule has 0 saturated carbocycles. The first kappa shape index (κ1) is 15.9. The zero-order valence-corrected chi connectivity index (χ0v) is 11.9. The molecule has 1 heterocycles. The lowest BCUT2D eigenvalue weighted by Gasteiger charge is -2.12. The van der Waals surface area contributed by atoms with Crippen LogP contribution in [0.3, 0.4) is 0 Å². The minimum atomic E-state index is -0.520. The molecule has 0 aliphatic carbocycles. The molecular weight excluding hydrogens is 260 g/mol. The number of ether oxygens (including phenoxy) is 1. The molecule has 0 fully saturated rings. The van der Waals surface area contributed by atoms with Gasteiger partial charge in [-0.05, 0) is 13.3 Å². The summed E-state index contributed by atoms with van der Waals surface area (Å²) in [4.78, 5) is 14.8. The molecule has 108 valence electrons. The molecule has 1 rings (SSSR count). The Bertz CT molecular complexity index is 537. The van der Waals surface area contributed by atoms with E-state index in [1.54, 1.807) is 6.92 Å². The second-order valence-corrected chi connectivity index (χ2v) is 4.33. The van der Waals surface area contributed by atoms with Crippen LogP contribution in [0.2, 0.25) is 0 Å². The Morgan fingerprint density at radius 2 is 2.25 bits per heavy atom. The summed E-state index contributed by atoms with van der Waals surface area (Å²) in [5, 5.41) is 23.5. The molecule has 0 spiro atoms. The fraction of sp³-hybridized carbons (Fsp3) is 0.538. The van der Waals surface area contributed by atoms with Gasteiger partial charge in [0, 0.05) is 13.7 Å². The Kier molecular flexibility index (Phi) is 5.87. The average molecular weight is 278 g/mol. The van der Waals surface area contributed by atoms with Crippen molar-refractivity contribution in [2.45, 2.75) is 33.3 Å². The molecule has 0 aliphatic rings. The van der Waals surface area contributed by atoms with Gasteiger partial charge in [0.25, 0.3) is 5.69 Å². The molecule has 0 unspecified atom stereocenters. The number of hydrogen-bond acceptors (Lipinski definition) is 6. The monoisotopic (exact) mass is 278 g/mol. The number of methoxy groups -OCH3 is 1. The van der Waals surface area contributed by atoms with Gasteiger partial charge in [0.15, 0.2) is 0 Å². The molecule has 20 heavy (non-hydrogen) atoms. The van der Waals surface area contributed by atoms with Crippen molar-refractivity contribution in [3.63, 3.8) is 0 Å². The smallest absolute Gasteiger partial charge is 0.297 e. The second-order valence-electron chi connectivity index (χ2n) is 4.33. The molecule has 0 aromatic carbocycles. The van der Waals surface area contributed by atoms with Gasteiger partial charge in [-0.2, -0.15) is 5.26 Å². The van der Waals surface area contributed by atoms with E-state index >= 15 is 0 Å². The standard InChI is InChI=1S/C13H18N4O3/c1-4-5-6-15-13-10(7-14)11(8-20-3)12(17(18)19)9(2)16-13/h4-6,8H2,1-3H3,(H,15,16). The topological polar surface area (TPSA) is 101 Å². The highest BCUT2D eigenvalue weighted by Crippen LogP contribution is 2.30.